The van der Waals surface area contributed by atoms with Gasteiger partial charge in [-0.05, 0) is 37.2 Å². The molecule has 4 nitrogen and oxygen atoms in total. The molecule has 2 aromatic carbocycles. The van der Waals surface area contributed by atoms with Crippen molar-refractivity contribution in [3.63, 3.8) is 0 Å². The molecule has 0 radical (unpaired) electrons. The van der Waals surface area contributed by atoms with Crippen molar-refractivity contribution in [2.75, 3.05) is 0 Å². The molecule has 0 aliphatic heterocycles. The first-order valence-corrected chi connectivity index (χ1v) is 8.94. The van der Waals surface area contributed by atoms with Crippen LogP contribution in [0.4, 0.5) is 0 Å². The summed E-state index contributed by atoms with van der Waals surface area (Å²) in [5.41, 5.74) is 4.25. The van der Waals surface area contributed by atoms with Crippen LogP contribution in [-0.4, -0.2) is 20.9 Å². The smallest absolute Gasteiger partial charge is 0.166 e. The summed E-state index contributed by atoms with van der Waals surface area (Å²) in [4.78, 5) is 0. The van der Waals surface area contributed by atoms with Gasteiger partial charge in [0.25, 0.3) is 0 Å². The minimum atomic E-state index is 0.556. The predicted octanol–water partition coefficient (Wildman–Crippen LogP) is 3.67. The van der Waals surface area contributed by atoms with Crippen molar-refractivity contribution < 1.29 is 0 Å². The topological polar surface area (TPSA) is 41.9 Å². The molecule has 5 heteroatoms. The zero-order valence-corrected chi connectivity index (χ0v) is 14.7. The van der Waals surface area contributed by atoms with Crippen molar-refractivity contribution in [3.8, 4) is 16.9 Å². The second kappa shape index (κ2) is 7.07. The molecule has 1 fully saturated rings. The molecule has 1 aromatic heterocycles. The highest BCUT2D eigenvalue weighted by Crippen LogP contribution is 2.23. The van der Waals surface area contributed by atoms with Gasteiger partial charge in [-0.15, -0.1) is 0 Å². The fourth-order valence-corrected chi connectivity index (χ4v) is 2.97. The normalized spacial score (nSPS) is 13.4. The maximum absolute atomic E-state index is 5.38. The zero-order chi connectivity index (χ0) is 17.1. The molecular formula is C20H20N4S. The number of nitrogens with one attached hydrogen (secondary N) is 2. The van der Waals surface area contributed by atoms with Gasteiger partial charge < -0.3 is 10.6 Å². The highest BCUT2D eigenvalue weighted by atomic mass is 32.1. The molecule has 0 saturated heterocycles. The average molecular weight is 348 g/mol. The summed E-state index contributed by atoms with van der Waals surface area (Å²) in [6.45, 7) is 0.648. The van der Waals surface area contributed by atoms with Crippen LogP contribution in [0.1, 0.15) is 18.4 Å². The van der Waals surface area contributed by atoms with Gasteiger partial charge in [0.2, 0.25) is 0 Å². The van der Waals surface area contributed by atoms with Crippen LogP contribution in [0, 0.1) is 0 Å². The van der Waals surface area contributed by atoms with E-state index in [-0.39, 0.29) is 0 Å². The van der Waals surface area contributed by atoms with Crippen molar-refractivity contribution in [3.05, 3.63) is 72.4 Å². The molecule has 0 amide bonds. The third kappa shape index (κ3) is 3.88. The molecule has 1 aliphatic carbocycles. The van der Waals surface area contributed by atoms with E-state index in [0.29, 0.717) is 17.7 Å². The lowest BCUT2D eigenvalue weighted by Gasteiger charge is -2.09. The van der Waals surface area contributed by atoms with Gasteiger partial charge in [0.15, 0.2) is 5.11 Å². The Labute approximate surface area is 152 Å². The lowest BCUT2D eigenvalue weighted by Crippen LogP contribution is -2.36. The van der Waals surface area contributed by atoms with Crippen LogP contribution in [0.25, 0.3) is 16.9 Å². The van der Waals surface area contributed by atoms with Crippen LogP contribution in [0.3, 0.4) is 0 Å². The Bertz CT molecular complexity index is 854. The fourth-order valence-electron chi connectivity index (χ4n) is 2.73. The summed E-state index contributed by atoms with van der Waals surface area (Å²) in [6.07, 6.45) is 4.50. The van der Waals surface area contributed by atoms with E-state index in [2.05, 4.69) is 41.1 Å². The van der Waals surface area contributed by atoms with E-state index in [4.69, 9.17) is 17.3 Å². The molecule has 0 bridgehead atoms. The lowest BCUT2D eigenvalue weighted by atomic mass is 10.1. The van der Waals surface area contributed by atoms with Crippen molar-refractivity contribution in [1.82, 2.24) is 20.4 Å². The molecule has 0 unspecified atom stereocenters. The third-order valence-corrected chi connectivity index (χ3v) is 4.47. The Morgan fingerprint density at radius 2 is 1.72 bits per heavy atom. The molecule has 0 spiro atoms. The van der Waals surface area contributed by atoms with Gasteiger partial charge in [0, 0.05) is 29.9 Å². The quantitative estimate of drug-likeness (QED) is 0.691. The molecule has 0 atom stereocenters. The summed E-state index contributed by atoms with van der Waals surface area (Å²) in [6, 6.07) is 21.0. The van der Waals surface area contributed by atoms with Gasteiger partial charge >= 0.3 is 0 Å². The molecule has 1 heterocycles. The fraction of sp³-hybridized carbons (Fsp3) is 0.200. The number of para-hydroxylation sites is 1. The number of nitrogens with zero attached hydrogens (tertiary/aromatic N) is 2. The van der Waals surface area contributed by atoms with Gasteiger partial charge in [0.05, 0.1) is 11.4 Å². The Morgan fingerprint density at radius 1 is 1.04 bits per heavy atom. The van der Waals surface area contributed by atoms with E-state index in [0.717, 1.165) is 22.5 Å². The number of benzene rings is 2. The first-order valence-electron chi connectivity index (χ1n) is 8.53. The highest BCUT2D eigenvalue weighted by Gasteiger charge is 2.21. The largest absolute Gasteiger partial charge is 0.360 e. The summed E-state index contributed by atoms with van der Waals surface area (Å²) in [5, 5.41) is 12.2. The second-order valence-corrected chi connectivity index (χ2v) is 6.66. The number of hydrogen-bond donors (Lipinski definition) is 2. The standard InChI is InChI=1S/C20H20N4S/c25-20(22-17-11-12-17)21-13-16-14-24(18-9-5-2-6-10-18)23-19(16)15-7-3-1-4-8-15/h1-10,14,17H,11-13H2,(H2,21,22,25). The van der Waals surface area contributed by atoms with E-state index in [1.165, 1.54) is 12.8 Å². The van der Waals surface area contributed by atoms with Crippen LogP contribution in [0.5, 0.6) is 0 Å². The molecule has 4 rings (SSSR count). The number of rotatable bonds is 5. The van der Waals surface area contributed by atoms with Gasteiger partial charge in [-0.2, -0.15) is 5.10 Å². The van der Waals surface area contributed by atoms with Crippen molar-refractivity contribution in [2.24, 2.45) is 0 Å². The average Bonchev–Trinajstić information content (AvgIpc) is 3.37. The van der Waals surface area contributed by atoms with Gasteiger partial charge in [-0.3, -0.25) is 0 Å². The summed E-state index contributed by atoms with van der Waals surface area (Å²) in [5.74, 6) is 0. The molecule has 2 N–H and O–H groups in total. The SMILES string of the molecule is S=C(NCc1cn(-c2ccccc2)nc1-c1ccccc1)NC1CC1. The van der Waals surface area contributed by atoms with E-state index in [9.17, 15) is 0 Å². The van der Waals surface area contributed by atoms with Crippen molar-refractivity contribution in [1.29, 1.82) is 0 Å². The van der Waals surface area contributed by atoms with Crippen LogP contribution in [0.2, 0.25) is 0 Å². The van der Waals surface area contributed by atoms with Crippen LogP contribution in [0.15, 0.2) is 66.9 Å². The molecule has 1 aliphatic rings. The monoisotopic (exact) mass is 348 g/mol. The maximum Gasteiger partial charge on any atom is 0.166 e. The zero-order valence-electron chi connectivity index (χ0n) is 13.9. The Hall–Kier alpha value is -2.66. The summed E-state index contributed by atoms with van der Waals surface area (Å²) in [7, 11) is 0. The summed E-state index contributed by atoms with van der Waals surface area (Å²) < 4.78 is 1.93. The van der Waals surface area contributed by atoms with Gasteiger partial charge in [0.1, 0.15) is 0 Å². The number of thiocarbonyl (C=S) groups is 1. The minimum absolute atomic E-state index is 0.556. The molecule has 3 aromatic rings. The first kappa shape index (κ1) is 15.8. The maximum atomic E-state index is 5.38. The van der Waals surface area contributed by atoms with Crippen molar-refractivity contribution >= 4 is 17.3 Å². The molecule has 126 valence electrons. The molecule has 1 saturated carbocycles. The van der Waals surface area contributed by atoms with E-state index < -0.39 is 0 Å². The predicted molar refractivity (Wildman–Crippen MR) is 105 cm³/mol. The van der Waals surface area contributed by atoms with Gasteiger partial charge in [-0.25, -0.2) is 4.68 Å². The third-order valence-electron chi connectivity index (χ3n) is 4.21. The Morgan fingerprint density at radius 3 is 2.40 bits per heavy atom. The minimum Gasteiger partial charge on any atom is -0.360 e. The molecule has 25 heavy (non-hydrogen) atoms. The van der Waals surface area contributed by atoms with Gasteiger partial charge in [-0.1, -0.05) is 48.5 Å². The second-order valence-electron chi connectivity index (χ2n) is 6.25. The number of hydrogen-bond acceptors (Lipinski definition) is 2. The number of aromatic nitrogens is 2. The van der Waals surface area contributed by atoms with Crippen molar-refractivity contribution in [2.45, 2.75) is 25.4 Å². The first-order chi connectivity index (χ1) is 12.3. The van der Waals surface area contributed by atoms with E-state index in [1.54, 1.807) is 0 Å². The summed E-state index contributed by atoms with van der Waals surface area (Å²) >= 11 is 5.38. The Kier molecular flexibility index (Phi) is 4.48. The van der Waals surface area contributed by atoms with Crippen LogP contribution >= 0.6 is 12.2 Å². The van der Waals surface area contributed by atoms with E-state index >= 15 is 0 Å². The molecular weight excluding hydrogens is 328 g/mol. The van der Waals surface area contributed by atoms with Crippen LogP contribution < -0.4 is 10.6 Å². The van der Waals surface area contributed by atoms with E-state index in [1.807, 2.05) is 41.1 Å². The highest BCUT2D eigenvalue weighted by molar-refractivity contribution is 7.80. The lowest BCUT2D eigenvalue weighted by molar-refractivity contribution is 0.828. The van der Waals surface area contributed by atoms with Crippen LogP contribution in [-0.2, 0) is 6.54 Å². The Balaban J connectivity index is 1.61.